The van der Waals surface area contributed by atoms with E-state index in [9.17, 15) is 0 Å². The molecule has 28 heavy (non-hydrogen) atoms. The maximum absolute atomic E-state index is 5.25. The van der Waals surface area contributed by atoms with E-state index < -0.39 is 0 Å². The van der Waals surface area contributed by atoms with Crippen molar-refractivity contribution >= 4 is 17.7 Å². The van der Waals surface area contributed by atoms with E-state index in [-0.39, 0.29) is 0 Å². The topological polar surface area (TPSA) is 40.1 Å². The van der Waals surface area contributed by atoms with Crippen LogP contribution in [0.2, 0.25) is 0 Å². The molecule has 0 saturated carbocycles. The standard InChI is InChI=1S/C22H36N4OS/c1-4-21-17-26(13-14-28-21)22(23-2)24-15-18-9-11-25(12-10-18)16-19-5-7-20(27-3)8-6-19/h5-8,18,21H,4,9-17H2,1-3H3,(H,23,24). The summed E-state index contributed by atoms with van der Waals surface area (Å²) in [5.41, 5.74) is 1.37. The maximum Gasteiger partial charge on any atom is 0.193 e. The Hall–Kier alpha value is -1.40. The van der Waals surface area contributed by atoms with Crippen LogP contribution in [-0.4, -0.2) is 73.6 Å². The Bertz CT molecular complexity index is 613. The Morgan fingerprint density at radius 3 is 2.61 bits per heavy atom. The van der Waals surface area contributed by atoms with E-state index in [2.05, 4.69) is 63.1 Å². The van der Waals surface area contributed by atoms with Gasteiger partial charge in [0.25, 0.3) is 0 Å². The fraction of sp³-hybridized carbons (Fsp3) is 0.682. The number of thioether (sulfide) groups is 1. The van der Waals surface area contributed by atoms with E-state index in [1.165, 1.54) is 43.7 Å². The number of piperidine rings is 1. The van der Waals surface area contributed by atoms with Crippen molar-refractivity contribution in [1.82, 2.24) is 15.1 Å². The predicted octanol–water partition coefficient (Wildman–Crippen LogP) is 3.31. The molecule has 0 radical (unpaired) electrons. The van der Waals surface area contributed by atoms with Gasteiger partial charge in [0, 0.05) is 44.2 Å². The van der Waals surface area contributed by atoms with Crippen LogP contribution in [0.4, 0.5) is 0 Å². The van der Waals surface area contributed by atoms with Gasteiger partial charge in [0.15, 0.2) is 5.96 Å². The van der Waals surface area contributed by atoms with Crippen molar-refractivity contribution in [2.75, 3.05) is 52.6 Å². The molecule has 0 aromatic heterocycles. The summed E-state index contributed by atoms with van der Waals surface area (Å²) in [4.78, 5) is 9.57. The molecule has 6 heteroatoms. The molecule has 2 fully saturated rings. The second-order valence-electron chi connectivity index (χ2n) is 7.84. The molecule has 156 valence electrons. The minimum Gasteiger partial charge on any atom is -0.497 e. The van der Waals surface area contributed by atoms with Crippen molar-refractivity contribution < 1.29 is 4.74 Å². The number of benzene rings is 1. The van der Waals surface area contributed by atoms with Crippen molar-refractivity contribution in [3.05, 3.63) is 29.8 Å². The summed E-state index contributed by atoms with van der Waals surface area (Å²) >= 11 is 2.11. The number of guanidine groups is 1. The third kappa shape index (κ3) is 6.05. The Morgan fingerprint density at radius 2 is 1.96 bits per heavy atom. The summed E-state index contributed by atoms with van der Waals surface area (Å²) in [7, 11) is 3.64. The Kier molecular flexibility index (Phi) is 8.34. The normalized spacial score (nSPS) is 22.3. The molecule has 5 nitrogen and oxygen atoms in total. The Labute approximate surface area is 174 Å². The van der Waals surface area contributed by atoms with Gasteiger partial charge in [0.2, 0.25) is 0 Å². The molecule has 1 unspecified atom stereocenters. The van der Waals surface area contributed by atoms with Gasteiger partial charge >= 0.3 is 0 Å². The lowest BCUT2D eigenvalue weighted by Gasteiger charge is -2.36. The van der Waals surface area contributed by atoms with E-state index in [0.717, 1.165) is 49.1 Å². The van der Waals surface area contributed by atoms with Gasteiger partial charge in [-0.25, -0.2) is 0 Å². The van der Waals surface area contributed by atoms with Crippen LogP contribution in [0.5, 0.6) is 5.75 Å². The molecule has 3 rings (SSSR count). The van der Waals surface area contributed by atoms with Gasteiger partial charge in [-0.05, 0) is 56.0 Å². The van der Waals surface area contributed by atoms with E-state index in [0.29, 0.717) is 0 Å². The van der Waals surface area contributed by atoms with Crippen molar-refractivity contribution in [2.24, 2.45) is 10.9 Å². The number of nitrogens with zero attached hydrogens (tertiary/aromatic N) is 3. The smallest absolute Gasteiger partial charge is 0.193 e. The average Bonchev–Trinajstić information content (AvgIpc) is 2.76. The van der Waals surface area contributed by atoms with Crippen LogP contribution in [0.1, 0.15) is 31.7 Å². The molecule has 2 heterocycles. The number of rotatable bonds is 6. The molecule has 1 atom stereocenters. The lowest BCUT2D eigenvalue weighted by Crippen LogP contribution is -2.49. The third-order valence-corrected chi connectivity index (χ3v) is 7.30. The van der Waals surface area contributed by atoms with Crippen molar-refractivity contribution in [3.63, 3.8) is 0 Å². The van der Waals surface area contributed by atoms with Gasteiger partial charge in [0.1, 0.15) is 5.75 Å². The molecular formula is C22H36N4OS. The summed E-state index contributed by atoms with van der Waals surface area (Å²) < 4.78 is 5.25. The zero-order valence-corrected chi connectivity index (χ0v) is 18.5. The van der Waals surface area contributed by atoms with Gasteiger partial charge in [-0.2, -0.15) is 11.8 Å². The molecular weight excluding hydrogens is 368 g/mol. The highest BCUT2D eigenvalue weighted by atomic mass is 32.2. The number of likely N-dealkylation sites (tertiary alicyclic amines) is 1. The van der Waals surface area contributed by atoms with Gasteiger partial charge in [-0.1, -0.05) is 19.1 Å². The van der Waals surface area contributed by atoms with E-state index in [4.69, 9.17) is 4.74 Å². The highest BCUT2D eigenvalue weighted by Crippen LogP contribution is 2.22. The third-order valence-electron chi connectivity index (χ3n) is 5.93. The number of hydrogen-bond acceptors (Lipinski definition) is 4. The fourth-order valence-electron chi connectivity index (χ4n) is 4.06. The Morgan fingerprint density at radius 1 is 1.21 bits per heavy atom. The lowest BCUT2D eigenvalue weighted by atomic mass is 9.96. The fourth-order valence-corrected chi connectivity index (χ4v) is 5.24. The van der Waals surface area contributed by atoms with E-state index in [1.807, 2.05) is 7.05 Å². The minimum absolute atomic E-state index is 0.741. The van der Waals surface area contributed by atoms with Crippen LogP contribution in [0.25, 0.3) is 0 Å². The number of ether oxygens (including phenoxy) is 1. The van der Waals surface area contributed by atoms with Crippen LogP contribution >= 0.6 is 11.8 Å². The zero-order chi connectivity index (χ0) is 19.8. The molecule has 0 bridgehead atoms. The van der Waals surface area contributed by atoms with Gasteiger partial charge < -0.3 is 15.0 Å². The highest BCUT2D eigenvalue weighted by Gasteiger charge is 2.23. The predicted molar refractivity (Wildman–Crippen MR) is 120 cm³/mol. The largest absolute Gasteiger partial charge is 0.497 e. The van der Waals surface area contributed by atoms with Crippen LogP contribution in [0.3, 0.4) is 0 Å². The number of hydrogen-bond donors (Lipinski definition) is 1. The van der Waals surface area contributed by atoms with Gasteiger partial charge in [-0.3, -0.25) is 9.89 Å². The van der Waals surface area contributed by atoms with Crippen molar-refractivity contribution in [1.29, 1.82) is 0 Å². The summed E-state index contributed by atoms with van der Waals surface area (Å²) in [6, 6.07) is 8.47. The summed E-state index contributed by atoms with van der Waals surface area (Å²) in [6.07, 6.45) is 3.76. The summed E-state index contributed by atoms with van der Waals surface area (Å²) in [6.45, 7) is 8.96. The van der Waals surface area contributed by atoms with Crippen LogP contribution < -0.4 is 10.1 Å². The molecule has 1 aromatic rings. The van der Waals surface area contributed by atoms with Crippen LogP contribution in [0, 0.1) is 5.92 Å². The molecule has 0 amide bonds. The van der Waals surface area contributed by atoms with Crippen molar-refractivity contribution in [3.8, 4) is 5.75 Å². The first kappa shape index (κ1) is 21.3. The SMILES string of the molecule is CCC1CN(C(=NC)NCC2CCN(Cc3ccc(OC)cc3)CC2)CCS1. The molecule has 2 saturated heterocycles. The highest BCUT2D eigenvalue weighted by molar-refractivity contribution is 8.00. The number of aliphatic imine (C=N–C) groups is 1. The first-order chi connectivity index (χ1) is 13.7. The number of nitrogens with one attached hydrogen (secondary N) is 1. The van der Waals surface area contributed by atoms with E-state index >= 15 is 0 Å². The molecule has 1 N–H and O–H groups in total. The number of methoxy groups -OCH3 is 1. The molecule has 2 aliphatic heterocycles. The monoisotopic (exact) mass is 404 g/mol. The van der Waals surface area contributed by atoms with Crippen LogP contribution in [-0.2, 0) is 6.54 Å². The molecule has 1 aromatic carbocycles. The second-order valence-corrected chi connectivity index (χ2v) is 9.25. The summed E-state index contributed by atoms with van der Waals surface area (Å²) in [5.74, 6) is 3.98. The molecule has 0 spiro atoms. The zero-order valence-electron chi connectivity index (χ0n) is 17.7. The van der Waals surface area contributed by atoms with Crippen molar-refractivity contribution in [2.45, 2.75) is 38.0 Å². The van der Waals surface area contributed by atoms with Gasteiger partial charge in [0.05, 0.1) is 7.11 Å². The Balaban J connectivity index is 1.39. The quantitative estimate of drug-likeness (QED) is 0.582. The maximum atomic E-state index is 5.25. The van der Waals surface area contributed by atoms with Crippen LogP contribution in [0.15, 0.2) is 29.3 Å². The average molecular weight is 405 g/mol. The first-order valence-corrected chi connectivity index (χ1v) is 11.7. The molecule has 2 aliphatic rings. The molecule has 0 aliphatic carbocycles. The second kappa shape index (κ2) is 11.0. The van der Waals surface area contributed by atoms with E-state index in [1.54, 1.807) is 7.11 Å². The minimum atomic E-state index is 0.741. The summed E-state index contributed by atoms with van der Waals surface area (Å²) in [5, 5.41) is 4.41. The van der Waals surface area contributed by atoms with Gasteiger partial charge in [-0.15, -0.1) is 0 Å². The lowest BCUT2D eigenvalue weighted by molar-refractivity contribution is 0.177. The first-order valence-electron chi connectivity index (χ1n) is 10.6.